The number of hydrogen-bond donors (Lipinski definition) is 3. The molecule has 102 valence electrons. The van der Waals surface area contributed by atoms with Gasteiger partial charge in [0, 0.05) is 12.2 Å². The van der Waals surface area contributed by atoms with E-state index in [1.165, 1.54) is 16.7 Å². The summed E-state index contributed by atoms with van der Waals surface area (Å²) in [6, 6.07) is 16.1. The Bertz CT molecular complexity index is 639. The van der Waals surface area contributed by atoms with Crippen molar-refractivity contribution in [2.24, 2.45) is 5.73 Å². The van der Waals surface area contributed by atoms with Gasteiger partial charge in [-0.05, 0) is 29.2 Å². The van der Waals surface area contributed by atoms with Gasteiger partial charge >= 0.3 is 6.03 Å². The number of anilines is 1. The number of nitrogens with two attached hydrogens (primary N) is 1. The van der Waals surface area contributed by atoms with Gasteiger partial charge in [-0.1, -0.05) is 42.5 Å². The van der Waals surface area contributed by atoms with E-state index in [1.807, 2.05) is 24.3 Å². The highest BCUT2D eigenvalue weighted by Crippen LogP contribution is 2.31. The Morgan fingerprint density at radius 2 is 1.85 bits per heavy atom. The lowest BCUT2D eigenvalue weighted by atomic mass is 9.97. The molecule has 4 nitrogen and oxygen atoms in total. The highest BCUT2D eigenvalue weighted by Gasteiger charge is 2.20. The first-order valence-electron chi connectivity index (χ1n) is 6.69. The number of amides is 2. The first-order chi connectivity index (χ1) is 9.74. The molecule has 1 atom stereocenters. The molecule has 0 aliphatic carbocycles. The van der Waals surface area contributed by atoms with Crippen molar-refractivity contribution in [3.05, 3.63) is 65.2 Å². The Morgan fingerprint density at radius 3 is 2.65 bits per heavy atom. The average Bonchev–Trinajstić information content (AvgIpc) is 2.61. The van der Waals surface area contributed by atoms with Gasteiger partial charge in [0.2, 0.25) is 0 Å². The summed E-state index contributed by atoms with van der Waals surface area (Å²) in [4.78, 5) is 11.0. The number of fused-ring (bicyclic) bond motifs is 2. The van der Waals surface area contributed by atoms with Crippen LogP contribution >= 0.6 is 0 Å². The molecular formula is C16H17N3O. The Hall–Kier alpha value is -2.49. The third kappa shape index (κ3) is 2.45. The average molecular weight is 267 g/mol. The predicted molar refractivity (Wildman–Crippen MR) is 79.6 cm³/mol. The molecule has 0 saturated heterocycles. The Labute approximate surface area is 118 Å². The van der Waals surface area contributed by atoms with Crippen LogP contribution in [0.4, 0.5) is 10.5 Å². The molecule has 0 unspecified atom stereocenters. The van der Waals surface area contributed by atoms with E-state index in [9.17, 15) is 4.79 Å². The maximum Gasteiger partial charge on any atom is 0.312 e. The molecule has 0 spiro atoms. The predicted octanol–water partition coefficient (Wildman–Crippen LogP) is 2.41. The lowest BCUT2D eigenvalue weighted by Crippen LogP contribution is -2.35. The Balaban J connectivity index is 1.99. The number of primary amides is 1. The third-order valence-electron chi connectivity index (χ3n) is 3.64. The number of carbonyl (C=O) groups is 1. The van der Waals surface area contributed by atoms with E-state index in [0.29, 0.717) is 6.54 Å². The van der Waals surface area contributed by atoms with Gasteiger partial charge < -0.3 is 16.4 Å². The minimum atomic E-state index is -0.498. The largest absolute Gasteiger partial charge is 0.376 e. The maximum absolute atomic E-state index is 11.0. The van der Waals surface area contributed by atoms with E-state index in [-0.39, 0.29) is 6.04 Å². The number of urea groups is 1. The fourth-order valence-corrected chi connectivity index (χ4v) is 2.68. The van der Waals surface area contributed by atoms with Crippen molar-refractivity contribution in [2.45, 2.75) is 12.5 Å². The summed E-state index contributed by atoms with van der Waals surface area (Å²) in [5, 5.41) is 6.19. The molecule has 1 aliphatic rings. The highest BCUT2D eigenvalue weighted by atomic mass is 16.2. The number of para-hydroxylation sites is 1. The van der Waals surface area contributed by atoms with Crippen molar-refractivity contribution in [3.8, 4) is 0 Å². The molecule has 2 amide bonds. The Kier molecular flexibility index (Phi) is 3.29. The van der Waals surface area contributed by atoms with Crippen molar-refractivity contribution in [3.63, 3.8) is 0 Å². The van der Waals surface area contributed by atoms with Gasteiger partial charge in [0.1, 0.15) is 0 Å². The Morgan fingerprint density at radius 1 is 1.15 bits per heavy atom. The van der Waals surface area contributed by atoms with Crippen LogP contribution in [0.2, 0.25) is 0 Å². The van der Waals surface area contributed by atoms with Crippen LogP contribution in [0.3, 0.4) is 0 Å². The quantitative estimate of drug-likeness (QED) is 0.782. The van der Waals surface area contributed by atoms with Gasteiger partial charge in [-0.15, -0.1) is 0 Å². The zero-order valence-corrected chi connectivity index (χ0v) is 11.1. The summed E-state index contributed by atoms with van der Waals surface area (Å²) in [5.41, 5.74) is 10.0. The van der Waals surface area contributed by atoms with Crippen molar-refractivity contribution < 1.29 is 4.79 Å². The van der Waals surface area contributed by atoms with Gasteiger partial charge in [0.25, 0.3) is 0 Å². The van der Waals surface area contributed by atoms with Crippen LogP contribution in [0, 0.1) is 0 Å². The summed E-state index contributed by atoms with van der Waals surface area (Å²) >= 11 is 0. The van der Waals surface area contributed by atoms with E-state index < -0.39 is 6.03 Å². The van der Waals surface area contributed by atoms with Crippen LogP contribution < -0.4 is 16.4 Å². The van der Waals surface area contributed by atoms with Crippen molar-refractivity contribution in [2.75, 3.05) is 11.9 Å². The molecular weight excluding hydrogens is 250 g/mol. The zero-order valence-electron chi connectivity index (χ0n) is 11.1. The summed E-state index contributed by atoms with van der Waals surface area (Å²) in [5.74, 6) is 0. The van der Waals surface area contributed by atoms with Crippen LogP contribution in [-0.2, 0) is 6.42 Å². The molecule has 0 aromatic heterocycles. The third-order valence-corrected chi connectivity index (χ3v) is 3.64. The second-order valence-electron chi connectivity index (χ2n) is 4.97. The van der Waals surface area contributed by atoms with E-state index in [0.717, 1.165) is 12.1 Å². The lowest BCUT2D eigenvalue weighted by molar-refractivity contribution is 0.248. The summed E-state index contributed by atoms with van der Waals surface area (Å²) in [7, 11) is 0. The molecule has 2 aromatic rings. The first-order valence-corrected chi connectivity index (χ1v) is 6.69. The van der Waals surface area contributed by atoms with E-state index in [4.69, 9.17) is 5.73 Å². The number of carbonyl (C=O) groups excluding carboxylic acids is 1. The number of benzene rings is 2. The van der Waals surface area contributed by atoms with Crippen LogP contribution in [-0.4, -0.2) is 12.6 Å². The summed E-state index contributed by atoms with van der Waals surface area (Å²) in [6.45, 7) is 0.473. The van der Waals surface area contributed by atoms with Gasteiger partial charge in [-0.2, -0.15) is 0 Å². The molecule has 2 aromatic carbocycles. The first kappa shape index (κ1) is 12.5. The molecule has 4 heteroatoms. The van der Waals surface area contributed by atoms with Crippen molar-refractivity contribution in [1.29, 1.82) is 0 Å². The normalized spacial score (nSPS) is 16.3. The van der Waals surface area contributed by atoms with Crippen LogP contribution in [0.5, 0.6) is 0 Å². The van der Waals surface area contributed by atoms with Crippen LogP contribution in [0.25, 0.3) is 0 Å². The van der Waals surface area contributed by atoms with Crippen LogP contribution in [0.15, 0.2) is 48.5 Å². The second-order valence-corrected chi connectivity index (χ2v) is 4.97. The molecule has 0 fully saturated rings. The summed E-state index contributed by atoms with van der Waals surface area (Å²) < 4.78 is 0. The van der Waals surface area contributed by atoms with Gasteiger partial charge in [-0.25, -0.2) is 4.79 Å². The fraction of sp³-hybridized carbons (Fsp3) is 0.188. The standard InChI is InChI=1S/C16H17N3O/c17-16(20)18-10-15-13-7-3-1-5-11(13)9-12-6-2-4-8-14(12)19-15/h1-8,15,19H,9-10H2,(H3,17,18,20)/t15-/m0/s1. The summed E-state index contributed by atoms with van der Waals surface area (Å²) in [6.07, 6.45) is 0.895. The van der Waals surface area contributed by atoms with Crippen molar-refractivity contribution >= 4 is 11.7 Å². The fourth-order valence-electron chi connectivity index (χ4n) is 2.68. The van der Waals surface area contributed by atoms with Gasteiger partial charge in [0.05, 0.1) is 6.04 Å². The zero-order chi connectivity index (χ0) is 13.9. The molecule has 0 bridgehead atoms. The smallest absolute Gasteiger partial charge is 0.312 e. The minimum absolute atomic E-state index is 0.0300. The molecule has 4 N–H and O–H groups in total. The number of hydrogen-bond acceptors (Lipinski definition) is 2. The molecule has 1 aliphatic heterocycles. The van der Waals surface area contributed by atoms with Crippen molar-refractivity contribution in [1.82, 2.24) is 5.32 Å². The molecule has 20 heavy (non-hydrogen) atoms. The number of nitrogens with one attached hydrogen (secondary N) is 2. The highest BCUT2D eigenvalue weighted by molar-refractivity contribution is 5.71. The van der Waals surface area contributed by atoms with Gasteiger partial charge in [-0.3, -0.25) is 0 Å². The minimum Gasteiger partial charge on any atom is -0.376 e. The van der Waals surface area contributed by atoms with Crippen LogP contribution in [0.1, 0.15) is 22.7 Å². The number of rotatable bonds is 2. The molecule has 0 radical (unpaired) electrons. The van der Waals surface area contributed by atoms with E-state index >= 15 is 0 Å². The SMILES string of the molecule is NC(=O)NC[C@@H]1Nc2ccccc2Cc2ccccc21. The maximum atomic E-state index is 11.0. The van der Waals surface area contributed by atoms with Gasteiger partial charge in [0.15, 0.2) is 0 Å². The van der Waals surface area contributed by atoms with E-state index in [1.54, 1.807) is 0 Å². The topological polar surface area (TPSA) is 67.2 Å². The molecule has 3 rings (SSSR count). The molecule has 1 heterocycles. The molecule has 0 saturated carbocycles. The van der Waals surface area contributed by atoms with E-state index in [2.05, 4.69) is 34.9 Å². The monoisotopic (exact) mass is 267 g/mol. The second kappa shape index (κ2) is 5.25. The lowest BCUT2D eigenvalue weighted by Gasteiger charge is -2.20.